The molecule has 0 atom stereocenters. The lowest BCUT2D eigenvalue weighted by Gasteiger charge is -2.31. The lowest BCUT2D eigenvalue weighted by atomic mass is 9.96. The first kappa shape index (κ1) is 19.0. The van der Waals surface area contributed by atoms with Gasteiger partial charge in [-0.05, 0) is 68.3 Å². The van der Waals surface area contributed by atoms with Crippen LogP contribution in [-0.4, -0.2) is 34.2 Å². The Morgan fingerprint density at radius 2 is 1.79 bits per heavy atom. The van der Waals surface area contributed by atoms with Crippen LogP contribution in [0.25, 0.3) is 11.3 Å². The number of amides is 1. The molecule has 1 N–H and O–H groups in total. The lowest BCUT2D eigenvalue weighted by molar-refractivity contribution is -0.120. The van der Waals surface area contributed by atoms with E-state index < -0.39 is 0 Å². The van der Waals surface area contributed by atoms with E-state index in [9.17, 15) is 9.18 Å². The highest BCUT2D eigenvalue weighted by atomic mass is 19.1. The molecule has 4 rings (SSSR count). The Morgan fingerprint density at radius 1 is 1.03 bits per heavy atom. The van der Waals surface area contributed by atoms with Crippen LogP contribution in [0.1, 0.15) is 18.5 Å². The van der Waals surface area contributed by atoms with Gasteiger partial charge in [-0.25, -0.2) is 9.37 Å². The van der Waals surface area contributed by atoms with E-state index in [1.54, 1.807) is 18.2 Å². The molecule has 1 saturated heterocycles. The van der Waals surface area contributed by atoms with Crippen LogP contribution in [0, 0.1) is 18.7 Å². The molecule has 1 aliphatic rings. The molecule has 6 nitrogen and oxygen atoms in total. The molecule has 3 heterocycles. The van der Waals surface area contributed by atoms with Crippen LogP contribution < -0.4 is 10.2 Å². The van der Waals surface area contributed by atoms with E-state index in [2.05, 4.69) is 25.4 Å². The maximum Gasteiger partial charge on any atom is 0.228 e. The number of pyridine rings is 1. The summed E-state index contributed by atoms with van der Waals surface area (Å²) in [6.45, 7) is 3.38. The predicted octanol–water partition coefficient (Wildman–Crippen LogP) is 3.84. The first-order valence-corrected chi connectivity index (χ1v) is 9.67. The maximum absolute atomic E-state index is 13.1. The summed E-state index contributed by atoms with van der Waals surface area (Å²) in [6, 6.07) is 15.6. The molecule has 148 valence electrons. The van der Waals surface area contributed by atoms with Crippen LogP contribution in [-0.2, 0) is 4.79 Å². The van der Waals surface area contributed by atoms with E-state index in [0.717, 1.165) is 43.0 Å². The second-order valence-electron chi connectivity index (χ2n) is 7.20. The zero-order valence-corrected chi connectivity index (χ0v) is 16.2. The number of hydrogen-bond acceptors (Lipinski definition) is 5. The van der Waals surface area contributed by atoms with E-state index in [-0.39, 0.29) is 17.6 Å². The average molecular weight is 391 g/mol. The summed E-state index contributed by atoms with van der Waals surface area (Å²) in [6.07, 6.45) is 1.50. The van der Waals surface area contributed by atoms with Crippen molar-refractivity contribution >= 4 is 17.5 Å². The fourth-order valence-corrected chi connectivity index (χ4v) is 3.48. The van der Waals surface area contributed by atoms with Gasteiger partial charge in [-0.3, -0.25) is 4.79 Å². The SMILES string of the molecule is Cc1cccc(NC(=O)C2CCN(c3ccc(-c4ccc(F)cc4)nn3)CC2)n1. The summed E-state index contributed by atoms with van der Waals surface area (Å²) in [5.74, 6) is 1.08. The second kappa shape index (κ2) is 8.34. The summed E-state index contributed by atoms with van der Waals surface area (Å²) in [7, 11) is 0. The fourth-order valence-electron chi connectivity index (χ4n) is 3.48. The Balaban J connectivity index is 1.34. The van der Waals surface area contributed by atoms with Gasteiger partial charge in [0.25, 0.3) is 0 Å². The Hall–Kier alpha value is -3.35. The van der Waals surface area contributed by atoms with Crippen molar-refractivity contribution in [3.8, 4) is 11.3 Å². The molecule has 1 aromatic carbocycles. The molecule has 0 bridgehead atoms. The van der Waals surface area contributed by atoms with Crippen LogP contribution in [0.15, 0.2) is 54.6 Å². The van der Waals surface area contributed by atoms with Crippen molar-refractivity contribution in [2.24, 2.45) is 5.92 Å². The van der Waals surface area contributed by atoms with Crippen LogP contribution in [0.5, 0.6) is 0 Å². The zero-order valence-electron chi connectivity index (χ0n) is 16.2. The van der Waals surface area contributed by atoms with Gasteiger partial charge < -0.3 is 10.2 Å². The summed E-state index contributed by atoms with van der Waals surface area (Å²) >= 11 is 0. The van der Waals surface area contributed by atoms with E-state index in [4.69, 9.17) is 0 Å². The number of aryl methyl sites for hydroxylation is 1. The number of benzene rings is 1. The number of piperidine rings is 1. The van der Waals surface area contributed by atoms with Gasteiger partial charge in [0.1, 0.15) is 11.6 Å². The molecule has 0 radical (unpaired) electrons. The van der Waals surface area contributed by atoms with E-state index in [0.29, 0.717) is 11.5 Å². The van der Waals surface area contributed by atoms with Crippen molar-refractivity contribution in [3.63, 3.8) is 0 Å². The minimum absolute atomic E-state index is 0.0143. The number of halogens is 1. The summed E-state index contributed by atoms with van der Waals surface area (Å²) in [5, 5.41) is 11.5. The standard InChI is InChI=1S/C22H22FN5O/c1-15-3-2-4-20(24-15)25-22(29)17-11-13-28(14-12-17)21-10-9-19(26-27-21)16-5-7-18(23)8-6-16/h2-10,17H,11-14H2,1H3,(H,24,25,29). The van der Waals surface area contributed by atoms with Gasteiger partial charge in [-0.15, -0.1) is 10.2 Å². The van der Waals surface area contributed by atoms with Gasteiger partial charge in [0.05, 0.1) is 5.69 Å². The number of carbonyl (C=O) groups excluding carboxylic acids is 1. The highest BCUT2D eigenvalue weighted by molar-refractivity contribution is 5.91. The highest BCUT2D eigenvalue weighted by Crippen LogP contribution is 2.24. The minimum Gasteiger partial charge on any atom is -0.355 e. The van der Waals surface area contributed by atoms with Crippen molar-refractivity contribution in [1.29, 1.82) is 0 Å². The fraction of sp³-hybridized carbons (Fsp3) is 0.273. The molecular weight excluding hydrogens is 369 g/mol. The Kier molecular flexibility index (Phi) is 5.46. The molecular formula is C22H22FN5O. The molecule has 0 spiro atoms. The summed E-state index contributed by atoms with van der Waals surface area (Å²) in [4.78, 5) is 19.0. The number of rotatable bonds is 4. The minimum atomic E-state index is -0.275. The molecule has 0 aliphatic carbocycles. The van der Waals surface area contributed by atoms with Gasteiger partial charge in [0, 0.05) is 30.3 Å². The maximum atomic E-state index is 13.1. The van der Waals surface area contributed by atoms with Crippen molar-refractivity contribution in [2.75, 3.05) is 23.3 Å². The molecule has 3 aromatic rings. The average Bonchev–Trinajstić information content (AvgIpc) is 2.75. The van der Waals surface area contributed by atoms with Crippen LogP contribution >= 0.6 is 0 Å². The monoisotopic (exact) mass is 391 g/mol. The molecule has 29 heavy (non-hydrogen) atoms. The van der Waals surface area contributed by atoms with Crippen LogP contribution in [0.3, 0.4) is 0 Å². The molecule has 7 heteroatoms. The quantitative estimate of drug-likeness (QED) is 0.732. The number of aromatic nitrogens is 3. The summed E-state index contributed by atoms with van der Waals surface area (Å²) in [5.41, 5.74) is 2.40. The first-order chi connectivity index (χ1) is 14.1. The topological polar surface area (TPSA) is 71.0 Å². The van der Waals surface area contributed by atoms with Crippen molar-refractivity contribution < 1.29 is 9.18 Å². The molecule has 0 unspecified atom stereocenters. The second-order valence-corrected chi connectivity index (χ2v) is 7.20. The Bertz CT molecular complexity index is 983. The van der Waals surface area contributed by atoms with E-state index >= 15 is 0 Å². The van der Waals surface area contributed by atoms with Crippen molar-refractivity contribution in [3.05, 3.63) is 66.1 Å². The highest BCUT2D eigenvalue weighted by Gasteiger charge is 2.26. The largest absolute Gasteiger partial charge is 0.355 e. The van der Waals surface area contributed by atoms with Gasteiger partial charge >= 0.3 is 0 Å². The van der Waals surface area contributed by atoms with Crippen molar-refractivity contribution in [2.45, 2.75) is 19.8 Å². The third kappa shape index (κ3) is 4.56. The van der Waals surface area contributed by atoms with E-state index in [1.807, 2.05) is 31.2 Å². The number of nitrogens with one attached hydrogen (secondary N) is 1. The van der Waals surface area contributed by atoms with Gasteiger partial charge in [0.2, 0.25) is 5.91 Å². The lowest BCUT2D eigenvalue weighted by Crippen LogP contribution is -2.38. The Labute approximate surface area is 168 Å². The Morgan fingerprint density at radius 3 is 2.45 bits per heavy atom. The zero-order chi connectivity index (χ0) is 20.2. The van der Waals surface area contributed by atoms with Crippen molar-refractivity contribution in [1.82, 2.24) is 15.2 Å². The third-order valence-corrected chi connectivity index (χ3v) is 5.12. The van der Waals surface area contributed by atoms with Gasteiger partial charge in [0.15, 0.2) is 5.82 Å². The van der Waals surface area contributed by atoms with Crippen LogP contribution in [0.2, 0.25) is 0 Å². The number of carbonyl (C=O) groups is 1. The molecule has 1 amide bonds. The first-order valence-electron chi connectivity index (χ1n) is 9.67. The normalized spacial score (nSPS) is 14.6. The van der Waals surface area contributed by atoms with Gasteiger partial charge in [-0.1, -0.05) is 6.07 Å². The molecule has 0 saturated carbocycles. The number of hydrogen-bond donors (Lipinski definition) is 1. The molecule has 2 aromatic heterocycles. The smallest absolute Gasteiger partial charge is 0.228 e. The number of nitrogens with zero attached hydrogens (tertiary/aromatic N) is 4. The predicted molar refractivity (Wildman–Crippen MR) is 110 cm³/mol. The molecule has 1 fully saturated rings. The third-order valence-electron chi connectivity index (χ3n) is 5.12. The summed E-state index contributed by atoms with van der Waals surface area (Å²) < 4.78 is 13.1. The molecule has 1 aliphatic heterocycles. The van der Waals surface area contributed by atoms with Gasteiger partial charge in [-0.2, -0.15) is 0 Å². The van der Waals surface area contributed by atoms with E-state index in [1.165, 1.54) is 12.1 Å². The van der Waals surface area contributed by atoms with Crippen LogP contribution in [0.4, 0.5) is 16.0 Å². The number of anilines is 2.